The zero-order chi connectivity index (χ0) is 18.4. The van der Waals surface area contributed by atoms with E-state index in [0.717, 1.165) is 0 Å². The van der Waals surface area contributed by atoms with Gasteiger partial charge in [0.2, 0.25) is 6.23 Å². The first-order valence-electron chi connectivity index (χ1n) is 7.33. The van der Waals surface area contributed by atoms with E-state index in [1.807, 2.05) is 0 Å². The van der Waals surface area contributed by atoms with Crippen molar-refractivity contribution in [2.75, 3.05) is 12.4 Å². The monoisotopic (exact) mass is 391 g/mol. The lowest BCUT2D eigenvalue weighted by Gasteiger charge is -2.26. The van der Waals surface area contributed by atoms with Crippen LogP contribution in [-0.2, 0) is 25.6 Å². The van der Waals surface area contributed by atoms with E-state index in [2.05, 4.69) is 15.6 Å². The number of allylic oxidation sites excluding steroid dienone is 1. The Labute approximate surface area is 148 Å². The van der Waals surface area contributed by atoms with Gasteiger partial charge in [0.05, 0.1) is 0 Å². The standard InChI is InChI=1S/C12H18N5O6PS/c1-3-5-8(23-24(20,25)21-2)7(18)11(22-5)17-4-14-6-9(17)15-12(13)16-10(6)19/h4,7,11-12,15,18H,3,13H2,1-2H3,(H,16,19)(H,20,25)/t7?,11-,12?,24?/m1/s1. The fraction of sp³-hybridized carbons (Fsp3) is 0.500. The molecule has 6 N–H and O–H groups in total. The van der Waals surface area contributed by atoms with Crippen molar-refractivity contribution in [3.63, 3.8) is 0 Å². The second kappa shape index (κ2) is 6.56. The first-order chi connectivity index (χ1) is 11.8. The largest absolute Gasteiger partial charge is 0.467 e. The van der Waals surface area contributed by atoms with Crippen molar-refractivity contribution < 1.29 is 28.6 Å². The Morgan fingerprint density at radius 3 is 2.92 bits per heavy atom. The van der Waals surface area contributed by atoms with Gasteiger partial charge < -0.3 is 34.4 Å². The van der Waals surface area contributed by atoms with E-state index < -0.39 is 31.2 Å². The highest BCUT2D eigenvalue weighted by Crippen LogP contribution is 2.50. The number of aliphatic hydroxyl groups is 1. The van der Waals surface area contributed by atoms with Crippen molar-refractivity contribution in [2.24, 2.45) is 5.73 Å². The lowest BCUT2D eigenvalue weighted by atomic mass is 10.2. The smallest absolute Gasteiger partial charge is 0.377 e. The summed E-state index contributed by atoms with van der Waals surface area (Å²) in [4.78, 5) is 25.8. The van der Waals surface area contributed by atoms with Crippen molar-refractivity contribution in [1.29, 1.82) is 0 Å². The van der Waals surface area contributed by atoms with Gasteiger partial charge in [-0.1, -0.05) is 6.92 Å². The summed E-state index contributed by atoms with van der Waals surface area (Å²) in [6.45, 7) is -1.76. The molecule has 13 heteroatoms. The highest BCUT2D eigenvalue weighted by Gasteiger charge is 2.42. The van der Waals surface area contributed by atoms with Gasteiger partial charge in [0, 0.05) is 25.3 Å². The van der Waals surface area contributed by atoms with Crippen LogP contribution in [0.1, 0.15) is 30.1 Å². The molecule has 0 aromatic carbocycles. The third-order valence-corrected chi connectivity index (χ3v) is 5.26. The molecule has 0 fully saturated rings. The molecule has 1 aromatic rings. The highest BCUT2D eigenvalue weighted by molar-refractivity contribution is 8.07. The first kappa shape index (κ1) is 18.1. The lowest BCUT2D eigenvalue weighted by molar-refractivity contribution is -0.00803. The number of nitrogens with one attached hydrogen (secondary N) is 2. The van der Waals surface area contributed by atoms with E-state index in [4.69, 9.17) is 31.3 Å². The number of rotatable bonds is 5. The molecule has 1 aromatic heterocycles. The number of nitrogens with two attached hydrogens (primary N) is 1. The summed E-state index contributed by atoms with van der Waals surface area (Å²) in [7, 11) is 1.21. The van der Waals surface area contributed by atoms with Gasteiger partial charge in [0.15, 0.2) is 23.8 Å². The van der Waals surface area contributed by atoms with E-state index in [1.165, 1.54) is 18.0 Å². The Morgan fingerprint density at radius 1 is 1.56 bits per heavy atom. The van der Waals surface area contributed by atoms with Crippen LogP contribution >= 0.6 is 6.72 Å². The molecule has 0 aliphatic carbocycles. The van der Waals surface area contributed by atoms with Gasteiger partial charge in [-0.3, -0.25) is 15.1 Å². The SMILES string of the molecule is CCC1=C(OP(O)(=S)OC)C(O)[C@H](n2cnc3c2NC(N)NC3=O)O1. The van der Waals surface area contributed by atoms with Crippen LogP contribution in [0.15, 0.2) is 17.8 Å². The van der Waals surface area contributed by atoms with Gasteiger partial charge in [-0.2, -0.15) is 0 Å². The summed E-state index contributed by atoms with van der Waals surface area (Å²) in [6.07, 6.45) is -1.35. The molecule has 2 aliphatic rings. The number of imidazole rings is 1. The van der Waals surface area contributed by atoms with Crippen LogP contribution in [0.4, 0.5) is 5.82 Å². The Balaban J connectivity index is 1.92. The van der Waals surface area contributed by atoms with Crippen LogP contribution in [0.25, 0.3) is 0 Å². The van der Waals surface area contributed by atoms with Gasteiger partial charge in [0.25, 0.3) is 5.91 Å². The minimum absolute atomic E-state index is 0.00723. The predicted octanol–water partition coefficient (Wildman–Crippen LogP) is -0.328. The van der Waals surface area contributed by atoms with Gasteiger partial charge in [-0.25, -0.2) is 4.98 Å². The number of aromatic nitrogens is 2. The topological polar surface area (TPSA) is 153 Å². The molecule has 2 aliphatic heterocycles. The fourth-order valence-electron chi connectivity index (χ4n) is 2.55. The summed E-state index contributed by atoms with van der Waals surface area (Å²) in [6, 6.07) is 0. The summed E-state index contributed by atoms with van der Waals surface area (Å²) >= 11 is 4.82. The van der Waals surface area contributed by atoms with E-state index in [1.54, 1.807) is 6.92 Å². The van der Waals surface area contributed by atoms with Gasteiger partial charge in [0.1, 0.15) is 17.9 Å². The molecule has 3 rings (SSSR count). The molecule has 0 saturated carbocycles. The number of fused-ring (bicyclic) bond motifs is 1. The molecular formula is C12H18N5O6PS. The van der Waals surface area contributed by atoms with E-state index in [-0.39, 0.29) is 11.5 Å². The van der Waals surface area contributed by atoms with E-state index >= 15 is 0 Å². The van der Waals surface area contributed by atoms with Crippen LogP contribution in [0.2, 0.25) is 0 Å². The minimum atomic E-state index is -3.55. The van der Waals surface area contributed by atoms with Crippen molar-refractivity contribution in [3.05, 3.63) is 23.5 Å². The average molecular weight is 391 g/mol. The quantitative estimate of drug-likeness (QED) is 0.422. The molecule has 1 amide bonds. The maximum Gasteiger partial charge on any atom is 0.377 e. The normalized spacial score (nSPS) is 27.9. The molecule has 3 heterocycles. The molecule has 25 heavy (non-hydrogen) atoms. The van der Waals surface area contributed by atoms with Gasteiger partial charge in [-0.05, 0) is 0 Å². The number of hydrogen-bond donors (Lipinski definition) is 5. The second-order valence-electron chi connectivity index (χ2n) is 5.28. The number of ether oxygens (including phenoxy) is 1. The van der Waals surface area contributed by atoms with Crippen LogP contribution in [0.3, 0.4) is 0 Å². The Kier molecular flexibility index (Phi) is 4.75. The van der Waals surface area contributed by atoms with Gasteiger partial charge in [-0.15, -0.1) is 0 Å². The molecule has 11 nitrogen and oxygen atoms in total. The minimum Gasteiger partial charge on any atom is -0.467 e. The van der Waals surface area contributed by atoms with Crippen LogP contribution in [0, 0.1) is 0 Å². The number of amides is 1. The number of anilines is 1. The number of carbonyl (C=O) groups excluding carboxylic acids is 1. The third kappa shape index (κ3) is 3.24. The fourth-order valence-corrected chi connectivity index (χ4v) is 3.33. The Hall–Kier alpha value is -1.69. The van der Waals surface area contributed by atoms with E-state index in [0.29, 0.717) is 18.0 Å². The second-order valence-corrected chi connectivity index (χ2v) is 8.15. The molecular weight excluding hydrogens is 373 g/mol. The number of hydrogen-bond acceptors (Lipinski definition) is 9. The molecule has 4 atom stereocenters. The first-order valence-corrected chi connectivity index (χ1v) is 9.92. The molecule has 0 bridgehead atoms. The average Bonchev–Trinajstić information content (AvgIpc) is 3.09. The number of nitrogens with zero attached hydrogens (tertiary/aromatic N) is 2. The summed E-state index contributed by atoms with van der Waals surface area (Å²) in [5, 5.41) is 15.9. The van der Waals surface area contributed by atoms with Crippen molar-refractivity contribution >= 4 is 30.3 Å². The summed E-state index contributed by atoms with van der Waals surface area (Å²) in [5.74, 6) is 0.155. The van der Waals surface area contributed by atoms with Crippen molar-refractivity contribution in [3.8, 4) is 0 Å². The molecule has 0 spiro atoms. The molecule has 3 unspecified atom stereocenters. The molecule has 0 saturated heterocycles. The number of carbonyl (C=O) groups is 1. The Bertz CT molecular complexity index is 782. The summed E-state index contributed by atoms with van der Waals surface area (Å²) in [5.41, 5.74) is 5.82. The maximum absolute atomic E-state index is 11.9. The highest BCUT2D eigenvalue weighted by atomic mass is 32.5. The van der Waals surface area contributed by atoms with Crippen molar-refractivity contribution in [2.45, 2.75) is 32.0 Å². The van der Waals surface area contributed by atoms with Crippen LogP contribution in [-0.4, -0.2) is 45.0 Å². The van der Waals surface area contributed by atoms with Crippen LogP contribution in [0.5, 0.6) is 0 Å². The molecule has 0 radical (unpaired) electrons. The zero-order valence-electron chi connectivity index (χ0n) is 13.4. The molecule has 138 valence electrons. The third-order valence-electron chi connectivity index (χ3n) is 3.70. The van der Waals surface area contributed by atoms with Crippen LogP contribution < -0.4 is 16.4 Å². The summed E-state index contributed by atoms with van der Waals surface area (Å²) < 4.78 is 17.2. The van der Waals surface area contributed by atoms with Crippen molar-refractivity contribution in [1.82, 2.24) is 14.9 Å². The zero-order valence-corrected chi connectivity index (χ0v) is 15.1. The van der Waals surface area contributed by atoms with E-state index in [9.17, 15) is 14.8 Å². The Morgan fingerprint density at radius 2 is 2.28 bits per heavy atom. The predicted molar refractivity (Wildman–Crippen MR) is 89.3 cm³/mol. The lowest BCUT2D eigenvalue weighted by Crippen LogP contribution is -2.51. The van der Waals surface area contributed by atoms with Gasteiger partial charge >= 0.3 is 6.72 Å². The maximum atomic E-state index is 11.9. The number of aliphatic hydroxyl groups excluding tert-OH is 1.